The SMILES string of the molecule is O=C(c1ccc(N2CCOCC2)nc1)N1CCC(O)(c2ccccc2)C2CCCCC21. The van der Waals surface area contributed by atoms with Crippen LogP contribution in [0.15, 0.2) is 48.7 Å². The summed E-state index contributed by atoms with van der Waals surface area (Å²) in [5, 5.41) is 11.7. The van der Waals surface area contributed by atoms with Gasteiger partial charge in [0.05, 0.1) is 24.4 Å². The molecule has 5 rings (SSSR count). The van der Waals surface area contributed by atoms with Gasteiger partial charge in [-0.25, -0.2) is 4.98 Å². The first kappa shape index (κ1) is 20.5. The number of aliphatic hydroxyl groups is 1. The molecule has 1 amide bonds. The Labute approximate surface area is 183 Å². The van der Waals surface area contributed by atoms with Crippen molar-refractivity contribution in [1.82, 2.24) is 9.88 Å². The highest BCUT2D eigenvalue weighted by Crippen LogP contribution is 2.47. The number of piperidine rings is 1. The number of pyridine rings is 1. The number of carbonyl (C=O) groups excluding carboxylic acids is 1. The van der Waals surface area contributed by atoms with Crippen molar-refractivity contribution in [1.29, 1.82) is 0 Å². The van der Waals surface area contributed by atoms with Crippen molar-refractivity contribution in [3.63, 3.8) is 0 Å². The summed E-state index contributed by atoms with van der Waals surface area (Å²) in [6, 6.07) is 13.9. The molecule has 3 fully saturated rings. The van der Waals surface area contributed by atoms with Crippen LogP contribution < -0.4 is 4.90 Å². The molecule has 2 aromatic rings. The predicted molar refractivity (Wildman–Crippen MR) is 119 cm³/mol. The highest BCUT2D eigenvalue weighted by atomic mass is 16.5. The lowest BCUT2D eigenvalue weighted by atomic mass is 9.66. The van der Waals surface area contributed by atoms with Crippen molar-refractivity contribution < 1.29 is 14.6 Å². The largest absolute Gasteiger partial charge is 0.385 e. The quantitative estimate of drug-likeness (QED) is 0.824. The molecular weight excluding hydrogens is 390 g/mol. The van der Waals surface area contributed by atoms with Gasteiger partial charge in [0, 0.05) is 37.8 Å². The summed E-state index contributed by atoms with van der Waals surface area (Å²) < 4.78 is 5.41. The number of anilines is 1. The van der Waals surface area contributed by atoms with Crippen molar-refractivity contribution in [3.8, 4) is 0 Å². The molecule has 0 spiro atoms. The molecule has 164 valence electrons. The third-order valence-electron chi connectivity index (χ3n) is 7.34. The van der Waals surface area contributed by atoms with Gasteiger partial charge in [-0.2, -0.15) is 0 Å². The van der Waals surface area contributed by atoms with Crippen LogP contribution in [0.5, 0.6) is 0 Å². The Morgan fingerprint density at radius 3 is 2.55 bits per heavy atom. The van der Waals surface area contributed by atoms with E-state index < -0.39 is 5.60 Å². The number of aromatic nitrogens is 1. The van der Waals surface area contributed by atoms with E-state index in [2.05, 4.69) is 9.88 Å². The van der Waals surface area contributed by atoms with Crippen LogP contribution in [-0.4, -0.2) is 59.8 Å². The zero-order valence-corrected chi connectivity index (χ0v) is 17.9. The van der Waals surface area contributed by atoms with Crippen LogP contribution in [0.3, 0.4) is 0 Å². The van der Waals surface area contributed by atoms with Gasteiger partial charge in [-0.05, 0) is 37.0 Å². The highest BCUT2D eigenvalue weighted by molar-refractivity contribution is 5.94. The first-order chi connectivity index (χ1) is 15.2. The number of amides is 1. The van der Waals surface area contributed by atoms with Crippen molar-refractivity contribution >= 4 is 11.7 Å². The molecule has 2 aliphatic heterocycles. The minimum absolute atomic E-state index is 0.0352. The predicted octanol–water partition coefficient (Wildman–Crippen LogP) is 3.21. The third kappa shape index (κ3) is 3.83. The van der Waals surface area contributed by atoms with E-state index in [1.165, 1.54) is 0 Å². The fraction of sp³-hybridized carbons (Fsp3) is 0.520. The van der Waals surface area contributed by atoms with E-state index >= 15 is 0 Å². The number of likely N-dealkylation sites (tertiary alicyclic amines) is 1. The Kier molecular flexibility index (Phi) is 5.67. The van der Waals surface area contributed by atoms with Gasteiger partial charge >= 0.3 is 0 Å². The monoisotopic (exact) mass is 421 g/mol. The Morgan fingerprint density at radius 1 is 1.03 bits per heavy atom. The van der Waals surface area contributed by atoms with E-state index in [1.807, 2.05) is 47.4 Å². The number of rotatable bonds is 3. The summed E-state index contributed by atoms with van der Waals surface area (Å²) in [5.41, 5.74) is 0.753. The molecule has 6 nitrogen and oxygen atoms in total. The normalized spacial score (nSPS) is 28.8. The van der Waals surface area contributed by atoms with Crippen LogP contribution in [0.2, 0.25) is 0 Å². The van der Waals surface area contributed by atoms with E-state index in [1.54, 1.807) is 6.20 Å². The van der Waals surface area contributed by atoms with Crippen LogP contribution in [0, 0.1) is 5.92 Å². The van der Waals surface area contributed by atoms with Crippen LogP contribution in [0.25, 0.3) is 0 Å². The van der Waals surface area contributed by atoms with E-state index in [4.69, 9.17) is 4.74 Å². The lowest BCUT2D eigenvalue weighted by molar-refractivity contribution is -0.110. The second-order valence-electron chi connectivity index (χ2n) is 9.00. The first-order valence-electron chi connectivity index (χ1n) is 11.5. The number of carbonyl (C=O) groups is 1. The Balaban J connectivity index is 1.36. The number of benzene rings is 1. The summed E-state index contributed by atoms with van der Waals surface area (Å²) in [6.07, 6.45) is 6.39. The van der Waals surface area contributed by atoms with Crippen molar-refractivity contribution in [3.05, 3.63) is 59.8 Å². The topological polar surface area (TPSA) is 65.9 Å². The Hall–Kier alpha value is -2.44. The second kappa shape index (κ2) is 8.60. The van der Waals surface area contributed by atoms with Crippen molar-refractivity contribution in [2.45, 2.75) is 43.7 Å². The molecule has 0 radical (unpaired) electrons. The van der Waals surface area contributed by atoms with E-state index in [0.717, 1.165) is 50.2 Å². The van der Waals surface area contributed by atoms with Gasteiger partial charge in [-0.1, -0.05) is 43.2 Å². The third-order valence-corrected chi connectivity index (χ3v) is 7.34. The molecule has 2 saturated heterocycles. The summed E-state index contributed by atoms with van der Waals surface area (Å²) in [5.74, 6) is 1.00. The van der Waals surface area contributed by atoms with Gasteiger partial charge in [0.2, 0.25) is 0 Å². The fourth-order valence-electron chi connectivity index (χ4n) is 5.68. The molecule has 3 heterocycles. The molecular formula is C25H31N3O3. The minimum atomic E-state index is -0.860. The number of fused-ring (bicyclic) bond motifs is 1. The Bertz CT molecular complexity index is 898. The van der Waals surface area contributed by atoms with Crippen molar-refractivity contribution in [2.24, 2.45) is 5.92 Å². The maximum atomic E-state index is 13.5. The maximum absolute atomic E-state index is 13.5. The first-order valence-corrected chi connectivity index (χ1v) is 11.5. The van der Waals surface area contributed by atoms with Gasteiger partial charge in [0.25, 0.3) is 5.91 Å². The van der Waals surface area contributed by atoms with E-state index in [-0.39, 0.29) is 17.9 Å². The fourth-order valence-corrected chi connectivity index (χ4v) is 5.68. The number of nitrogens with zero attached hydrogens (tertiary/aromatic N) is 3. The van der Waals surface area contributed by atoms with Gasteiger partial charge in [-0.15, -0.1) is 0 Å². The summed E-state index contributed by atoms with van der Waals surface area (Å²) >= 11 is 0. The second-order valence-corrected chi connectivity index (χ2v) is 9.00. The zero-order chi connectivity index (χ0) is 21.3. The summed E-state index contributed by atoms with van der Waals surface area (Å²) in [4.78, 5) is 22.2. The maximum Gasteiger partial charge on any atom is 0.255 e. The molecule has 6 heteroatoms. The van der Waals surface area contributed by atoms with Gasteiger partial charge < -0.3 is 19.6 Å². The van der Waals surface area contributed by atoms with Gasteiger partial charge in [-0.3, -0.25) is 4.79 Å². The molecule has 31 heavy (non-hydrogen) atoms. The lowest BCUT2D eigenvalue weighted by Gasteiger charge is -2.52. The molecule has 1 aromatic heterocycles. The summed E-state index contributed by atoms with van der Waals surface area (Å²) in [7, 11) is 0. The van der Waals surface area contributed by atoms with Gasteiger partial charge in [0.1, 0.15) is 5.82 Å². The average Bonchev–Trinajstić information content (AvgIpc) is 2.85. The van der Waals surface area contributed by atoms with Gasteiger partial charge in [0.15, 0.2) is 0 Å². The molecule has 0 bridgehead atoms. The number of hydrogen-bond acceptors (Lipinski definition) is 5. The molecule has 3 unspecified atom stereocenters. The average molecular weight is 422 g/mol. The lowest BCUT2D eigenvalue weighted by Crippen LogP contribution is -2.59. The highest BCUT2D eigenvalue weighted by Gasteiger charge is 2.50. The minimum Gasteiger partial charge on any atom is -0.385 e. The van der Waals surface area contributed by atoms with Crippen LogP contribution in [0.1, 0.15) is 48.0 Å². The Morgan fingerprint density at radius 2 is 1.81 bits per heavy atom. The summed E-state index contributed by atoms with van der Waals surface area (Å²) in [6.45, 7) is 3.64. The zero-order valence-electron chi connectivity index (χ0n) is 17.9. The van der Waals surface area contributed by atoms with Crippen LogP contribution in [-0.2, 0) is 10.3 Å². The molecule has 1 N–H and O–H groups in total. The van der Waals surface area contributed by atoms with E-state index in [9.17, 15) is 9.90 Å². The molecule has 3 atom stereocenters. The van der Waals surface area contributed by atoms with Crippen molar-refractivity contribution in [2.75, 3.05) is 37.7 Å². The standard InChI is InChI=1S/C25H31N3O3/c29-24(19-10-11-23(26-18-19)27-14-16-31-17-15-27)28-13-12-25(30,20-6-2-1-3-7-20)21-8-4-5-9-22(21)28/h1-3,6-7,10-11,18,21-22,30H,4-5,8-9,12-17H2. The van der Waals surface area contributed by atoms with Crippen LogP contribution >= 0.6 is 0 Å². The molecule has 1 aromatic carbocycles. The molecule has 1 aliphatic carbocycles. The molecule has 1 saturated carbocycles. The number of morpholine rings is 1. The van der Waals surface area contributed by atoms with Crippen LogP contribution in [0.4, 0.5) is 5.82 Å². The number of ether oxygens (including phenoxy) is 1. The molecule has 3 aliphatic rings. The number of hydrogen-bond donors (Lipinski definition) is 1. The smallest absolute Gasteiger partial charge is 0.255 e. The van der Waals surface area contributed by atoms with E-state index in [0.29, 0.717) is 31.7 Å².